The fourth-order valence-corrected chi connectivity index (χ4v) is 4.93. The lowest BCUT2D eigenvalue weighted by atomic mass is 9.79. The molecule has 40 heavy (non-hydrogen) atoms. The molecular weight excluding hydrogens is 508 g/mol. The van der Waals surface area contributed by atoms with Crippen LogP contribution in [-0.2, 0) is 30.4 Å². The van der Waals surface area contributed by atoms with Crippen LogP contribution in [0.3, 0.4) is 0 Å². The summed E-state index contributed by atoms with van der Waals surface area (Å²) in [6, 6.07) is 8.65. The number of benzene rings is 1. The smallest absolute Gasteiger partial charge is 0.410 e. The molecule has 1 aromatic rings. The number of ether oxygens (including phenoxy) is 3. The molecule has 0 heterocycles. The Morgan fingerprint density at radius 2 is 1.65 bits per heavy atom. The minimum absolute atomic E-state index is 0.0104. The third-order valence-corrected chi connectivity index (χ3v) is 7.73. The van der Waals surface area contributed by atoms with Crippen LogP contribution in [0.4, 0.5) is 4.79 Å². The van der Waals surface area contributed by atoms with Crippen LogP contribution in [-0.4, -0.2) is 60.3 Å². The summed E-state index contributed by atoms with van der Waals surface area (Å²) in [7, 11) is 1.53. The topological polar surface area (TPSA) is 94.2 Å². The van der Waals surface area contributed by atoms with Gasteiger partial charge in [-0.1, -0.05) is 70.4 Å². The first-order valence-corrected chi connectivity index (χ1v) is 14.9. The standard InChI is InChI=1S/C32H52N2O6/c1-9-27(38-20-24-16-12-10-13-17-24)28(34(8)31(37)40-32(5,6)7)30(36)39-21-26(25-18-14-11-15-19-25)29(35)33-23(4)22(2)3/h10,12-13,16-17,22-23,25-28H,9,11,14-15,18-21H2,1-8H3,(H,33,35)/t23-,26?,27-,28+/m1/s1. The second kappa shape index (κ2) is 16.0. The van der Waals surface area contributed by atoms with E-state index in [2.05, 4.69) is 19.2 Å². The van der Waals surface area contributed by atoms with Crippen molar-refractivity contribution in [3.05, 3.63) is 35.9 Å². The number of esters is 1. The van der Waals surface area contributed by atoms with Crippen LogP contribution >= 0.6 is 0 Å². The van der Waals surface area contributed by atoms with Gasteiger partial charge in [-0.05, 0) is 64.4 Å². The Morgan fingerprint density at radius 3 is 2.20 bits per heavy atom. The highest BCUT2D eigenvalue weighted by molar-refractivity contribution is 5.83. The minimum atomic E-state index is -1.03. The van der Waals surface area contributed by atoms with Gasteiger partial charge in [0.2, 0.25) is 5.91 Å². The van der Waals surface area contributed by atoms with Crippen molar-refractivity contribution in [1.29, 1.82) is 0 Å². The van der Waals surface area contributed by atoms with E-state index in [0.29, 0.717) is 6.42 Å². The van der Waals surface area contributed by atoms with Gasteiger partial charge in [-0.15, -0.1) is 0 Å². The van der Waals surface area contributed by atoms with Gasteiger partial charge < -0.3 is 19.5 Å². The normalized spacial score (nSPS) is 17.4. The quantitative estimate of drug-likeness (QED) is 0.292. The lowest BCUT2D eigenvalue weighted by molar-refractivity contribution is -0.159. The van der Waals surface area contributed by atoms with Crippen molar-refractivity contribution < 1.29 is 28.6 Å². The summed E-state index contributed by atoms with van der Waals surface area (Å²) in [6.07, 6.45) is 4.37. The second-order valence-corrected chi connectivity index (χ2v) is 12.5. The molecule has 0 saturated heterocycles. The molecule has 1 fully saturated rings. The van der Waals surface area contributed by atoms with Crippen LogP contribution in [0.2, 0.25) is 0 Å². The number of nitrogens with zero attached hydrogens (tertiary/aromatic N) is 1. The first-order valence-electron chi connectivity index (χ1n) is 14.9. The van der Waals surface area contributed by atoms with E-state index in [1.54, 1.807) is 20.8 Å². The fraction of sp³-hybridized carbons (Fsp3) is 0.719. The molecule has 1 N–H and O–H groups in total. The van der Waals surface area contributed by atoms with Gasteiger partial charge in [0.25, 0.3) is 0 Å². The molecule has 226 valence electrons. The molecule has 4 atom stereocenters. The summed E-state index contributed by atoms with van der Waals surface area (Å²) >= 11 is 0. The zero-order valence-electron chi connectivity index (χ0n) is 25.9. The molecule has 1 aromatic carbocycles. The van der Waals surface area contributed by atoms with Gasteiger partial charge in [-0.3, -0.25) is 9.69 Å². The van der Waals surface area contributed by atoms with Crippen LogP contribution < -0.4 is 5.32 Å². The average molecular weight is 561 g/mol. The van der Waals surface area contributed by atoms with Crippen molar-refractivity contribution in [1.82, 2.24) is 10.2 Å². The zero-order chi connectivity index (χ0) is 29.9. The highest BCUT2D eigenvalue weighted by Crippen LogP contribution is 2.31. The van der Waals surface area contributed by atoms with Crippen LogP contribution in [0, 0.1) is 17.8 Å². The van der Waals surface area contributed by atoms with Gasteiger partial charge in [-0.25, -0.2) is 9.59 Å². The number of rotatable bonds is 13. The van der Waals surface area contributed by atoms with Gasteiger partial charge in [0, 0.05) is 13.1 Å². The molecule has 1 aliphatic carbocycles. The van der Waals surface area contributed by atoms with Gasteiger partial charge in [-0.2, -0.15) is 0 Å². The Balaban J connectivity index is 2.25. The van der Waals surface area contributed by atoms with Crippen LogP contribution in [0.1, 0.15) is 92.6 Å². The van der Waals surface area contributed by atoms with Crippen molar-refractivity contribution in [2.75, 3.05) is 13.7 Å². The van der Waals surface area contributed by atoms with E-state index in [1.807, 2.05) is 44.2 Å². The lowest BCUT2D eigenvalue weighted by Crippen LogP contribution is -2.53. The van der Waals surface area contributed by atoms with E-state index < -0.39 is 35.7 Å². The van der Waals surface area contributed by atoms with E-state index in [0.717, 1.165) is 37.7 Å². The summed E-state index contributed by atoms with van der Waals surface area (Å²) in [5.74, 6) is -0.677. The van der Waals surface area contributed by atoms with Crippen LogP contribution in [0.25, 0.3) is 0 Å². The van der Waals surface area contributed by atoms with Crippen LogP contribution in [0.5, 0.6) is 0 Å². The molecule has 2 rings (SSSR count). The third-order valence-electron chi connectivity index (χ3n) is 7.73. The highest BCUT2D eigenvalue weighted by Gasteiger charge is 2.39. The largest absolute Gasteiger partial charge is 0.463 e. The number of hydrogen-bond donors (Lipinski definition) is 1. The first-order chi connectivity index (χ1) is 18.8. The van der Waals surface area contributed by atoms with Gasteiger partial charge >= 0.3 is 12.1 Å². The number of hydrogen-bond acceptors (Lipinski definition) is 6. The maximum absolute atomic E-state index is 13.7. The molecule has 0 aromatic heterocycles. The predicted octanol–water partition coefficient (Wildman–Crippen LogP) is 6.12. The average Bonchev–Trinajstić information content (AvgIpc) is 2.90. The first kappa shape index (κ1) is 33.6. The van der Waals surface area contributed by atoms with E-state index in [9.17, 15) is 14.4 Å². The number of nitrogens with one attached hydrogen (secondary N) is 1. The Labute approximate surface area is 241 Å². The summed E-state index contributed by atoms with van der Waals surface area (Å²) in [5, 5.41) is 3.13. The maximum atomic E-state index is 13.7. The number of carbonyl (C=O) groups is 3. The maximum Gasteiger partial charge on any atom is 0.410 e. The minimum Gasteiger partial charge on any atom is -0.463 e. The fourth-order valence-electron chi connectivity index (χ4n) is 4.93. The second-order valence-electron chi connectivity index (χ2n) is 12.5. The molecule has 8 nitrogen and oxygen atoms in total. The third kappa shape index (κ3) is 10.8. The summed E-state index contributed by atoms with van der Waals surface area (Å²) in [6.45, 7) is 13.6. The highest BCUT2D eigenvalue weighted by atomic mass is 16.6. The molecule has 2 amide bonds. The van der Waals surface area contributed by atoms with Crippen molar-refractivity contribution in [2.24, 2.45) is 17.8 Å². The van der Waals surface area contributed by atoms with Gasteiger partial charge in [0.05, 0.1) is 18.6 Å². The number of carbonyl (C=O) groups excluding carboxylic acids is 3. The molecule has 1 aliphatic rings. The van der Waals surface area contributed by atoms with Crippen molar-refractivity contribution >= 4 is 18.0 Å². The monoisotopic (exact) mass is 560 g/mol. The Kier molecular flexibility index (Phi) is 13.4. The van der Waals surface area contributed by atoms with E-state index in [1.165, 1.54) is 11.9 Å². The Hall–Kier alpha value is -2.61. The Bertz CT molecular complexity index is 923. The number of amides is 2. The molecule has 0 aliphatic heterocycles. The van der Waals surface area contributed by atoms with E-state index >= 15 is 0 Å². The molecule has 1 unspecified atom stereocenters. The predicted molar refractivity (Wildman–Crippen MR) is 157 cm³/mol. The molecular formula is C32H52N2O6. The van der Waals surface area contributed by atoms with E-state index in [-0.39, 0.29) is 37.0 Å². The number of likely N-dealkylation sites (N-methyl/N-ethyl adjacent to an activating group) is 1. The Morgan fingerprint density at radius 1 is 1.02 bits per heavy atom. The summed E-state index contributed by atoms with van der Waals surface area (Å²) in [4.78, 5) is 41.4. The summed E-state index contributed by atoms with van der Waals surface area (Å²) < 4.78 is 17.6. The molecule has 0 spiro atoms. The van der Waals surface area contributed by atoms with Gasteiger partial charge in [0.15, 0.2) is 6.04 Å². The van der Waals surface area contributed by atoms with E-state index in [4.69, 9.17) is 14.2 Å². The van der Waals surface area contributed by atoms with Crippen LogP contribution in [0.15, 0.2) is 30.3 Å². The van der Waals surface area contributed by atoms with Crippen molar-refractivity contribution in [3.8, 4) is 0 Å². The van der Waals surface area contributed by atoms with Crippen molar-refractivity contribution in [2.45, 2.75) is 117 Å². The molecule has 1 saturated carbocycles. The molecule has 0 radical (unpaired) electrons. The van der Waals surface area contributed by atoms with Crippen molar-refractivity contribution in [3.63, 3.8) is 0 Å². The zero-order valence-corrected chi connectivity index (χ0v) is 25.9. The lowest BCUT2D eigenvalue weighted by Gasteiger charge is -2.35. The molecule has 0 bridgehead atoms. The SMILES string of the molecule is CC[C@@H](OCc1ccccc1)[C@@H](C(=O)OCC(C(=O)N[C@H](C)C(C)C)C1CCCCC1)N(C)C(=O)OC(C)(C)C. The van der Waals surface area contributed by atoms with Gasteiger partial charge in [0.1, 0.15) is 12.2 Å². The summed E-state index contributed by atoms with van der Waals surface area (Å²) in [5.41, 5.74) is 0.227. The molecule has 8 heteroatoms.